The monoisotopic (exact) mass is 353 g/mol. The van der Waals surface area contributed by atoms with Gasteiger partial charge in [-0.1, -0.05) is 17.7 Å². The van der Waals surface area contributed by atoms with Gasteiger partial charge in [-0.05, 0) is 42.3 Å². The van der Waals surface area contributed by atoms with Crippen molar-refractivity contribution in [2.24, 2.45) is 0 Å². The fourth-order valence-electron chi connectivity index (χ4n) is 2.81. The maximum atomic E-state index is 12.3. The predicted octanol–water partition coefficient (Wildman–Crippen LogP) is 4.68. The number of anilines is 3. The first-order valence-corrected chi connectivity index (χ1v) is 7.89. The molecule has 0 amide bonds. The topological polar surface area (TPSA) is 36.5 Å². The summed E-state index contributed by atoms with van der Waals surface area (Å²) in [5, 5.41) is 6.78. The number of rotatable bonds is 5. The third-order valence-corrected chi connectivity index (χ3v) is 4.32. The van der Waals surface area contributed by atoms with Gasteiger partial charge in [-0.2, -0.15) is 8.78 Å². The molecule has 7 heteroatoms. The molecule has 0 fully saturated rings. The highest BCUT2D eigenvalue weighted by Gasteiger charge is 2.20. The number of nitrogens with one attached hydrogen (secondary N) is 2. The lowest BCUT2D eigenvalue weighted by molar-refractivity contribution is -0.0497. The number of hydrogen-bond donors (Lipinski definition) is 2. The third kappa shape index (κ3) is 3.33. The van der Waals surface area contributed by atoms with Gasteiger partial charge in [0, 0.05) is 19.3 Å². The lowest BCUT2D eigenvalue weighted by Crippen LogP contribution is -2.18. The number of fused-ring (bicyclic) bond motifs is 1. The second-order valence-corrected chi connectivity index (χ2v) is 6.07. The van der Waals surface area contributed by atoms with E-state index in [1.165, 1.54) is 22.9 Å². The van der Waals surface area contributed by atoms with Crippen LogP contribution in [0.2, 0.25) is 5.02 Å². The number of aryl methyl sites for hydroxylation is 1. The molecule has 2 N–H and O–H groups in total. The SMILES string of the molecule is Cc1ccc2c(c1CNc1ccc(OC(F)F)c(Cl)c1)N(C)CN2. The third-order valence-electron chi connectivity index (χ3n) is 4.02. The number of alkyl halides is 2. The quantitative estimate of drug-likeness (QED) is 0.818. The van der Waals surface area contributed by atoms with Gasteiger partial charge in [-0.25, -0.2) is 0 Å². The van der Waals surface area contributed by atoms with Crippen LogP contribution in [-0.4, -0.2) is 20.3 Å². The first-order valence-electron chi connectivity index (χ1n) is 7.51. The molecule has 1 aliphatic rings. The Balaban J connectivity index is 1.78. The number of hydrogen-bond acceptors (Lipinski definition) is 4. The Labute approximate surface area is 144 Å². The van der Waals surface area contributed by atoms with Crippen molar-refractivity contribution in [1.82, 2.24) is 0 Å². The van der Waals surface area contributed by atoms with Crippen LogP contribution in [-0.2, 0) is 6.54 Å². The Hall–Kier alpha value is -2.21. The van der Waals surface area contributed by atoms with E-state index < -0.39 is 6.61 Å². The molecule has 0 aromatic heterocycles. The van der Waals surface area contributed by atoms with Crippen molar-refractivity contribution in [2.45, 2.75) is 20.1 Å². The number of nitrogens with zero attached hydrogens (tertiary/aromatic N) is 1. The molecule has 2 aromatic carbocycles. The highest BCUT2D eigenvalue weighted by molar-refractivity contribution is 6.32. The Morgan fingerprint density at radius 3 is 2.83 bits per heavy atom. The zero-order valence-electron chi connectivity index (χ0n) is 13.4. The Morgan fingerprint density at radius 1 is 1.33 bits per heavy atom. The van der Waals surface area contributed by atoms with E-state index in [9.17, 15) is 8.78 Å². The van der Waals surface area contributed by atoms with E-state index in [1.807, 2.05) is 7.05 Å². The maximum absolute atomic E-state index is 12.3. The highest BCUT2D eigenvalue weighted by Crippen LogP contribution is 2.36. The Bertz CT molecular complexity index is 755. The van der Waals surface area contributed by atoms with Crippen LogP contribution in [0.4, 0.5) is 25.8 Å². The molecule has 0 aliphatic carbocycles. The lowest BCUT2D eigenvalue weighted by atomic mass is 10.0. The summed E-state index contributed by atoms with van der Waals surface area (Å²) in [5.41, 5.74) is 5.39. The van der Waals surface area contributed by atoms with E-state index in [2.05, 4.69) is 39.3 Å². The van der Waals surface area contributed by atoms with Crippen LogP contribution in [0.1, 0.15) is 11.1 Å². The van der Waals surface area contributed by atoms with Gasteiger partial charge in [0.2, 0.25) is 0 Å². The Kier molecular flexibility index (Phi) is 4.66. The molecule has 0 unspecified atom stereocenters. The second-order valence-electron chi connectivity index (χ2n) is 5.67. The van der Waals surface area contributed by atoms with E-state index >= 15 is 0 Å². The van der Waals surface area contributed by atoms with Gasteiger partial charge < -0.3 is 20.3 Å². The highest BCUT2D eigenvalue weighted by atomic mass is 35.5. The molecule has 0 saturated carbocycles. The molecule has 2 aromatic rings. The molecular weight excluding hydrogens is 336 g/mol. The van der Waals surface area contributed by atoms with Crippen LogP contribution < -0.4 is 20.3 Å². The second kappa shape index (κ2) is 6.73. The van der Waals surface area contributed by atoms with Crippen molar-refractivity contribution in [1.29, 1.82) is 0 Å². The summed E-state index contributed by atoms with van der Waals surface area (Å²) >= 11 is 5.99. The molecule has 128 valence electrons. The van der Waals surface area contributed by atoms with Crippen molar-refractivity contribution in [3.63, 3.8) is 0 Å². The van der Waals surface area contributed by atoms with E-state index in [0.717, 1.165) is 18.0 Å². The minimum Gasteiger partial charge on any atom is -0.433 e. The van der Waals surface area contributed by atoms with E-state index in [1.54, 1.807) is 12.1 Å². The van der Waals surface area contributed by atoms with Crippen molar-refractivity contribution in [3.8, 4) is 5.75 Å². The van der Waals surface area contributed by atoms with Crippen LogP contribution in [0.5, 0.6) is 5.75 Å². The summed E-state index contributed by atoms with van der Waals surface area (Å²) in [6, 6.07) is 8.84. The molecule has 3 rings (SSSR count). The zero-order valence-corrected chi connectivity index (χ0v) is 14.1. The normalized spacial score (nSPS) is 13.0. The molecule has 0 bridgehead atoms. The molecule has 1 aliphatic heterocycles. The van der Waals surface area contributed by atoms with Crippen molar-refractivity contribution in [2.75, 3.05) is 29.2 Å². The van der Waals surface area contributed by atoms with Gasteiger partial charge in [-0.15, -0.1) is 0 Å². The smallest absolute Gasteiger partial charge is 0.387 e. The van der Waals surface area contributed by atoms with Crippen molar-refractivity contribution < 1.29 is 13.5 Å². The minimum absolute atomic E-state index is 0.0297. The van der Waals surface area contributed by atoms with Crippen molar-refractivity contribution >= 4 is 28.7 Å². The van der Waals surface area contributed by atoms with E-state index in [0.29, 0.717) is 6.54 Å². The molecular formula is C17H18ClF2N3O. The summed E-state index contributed by atoms with van der Waals surface area (Å²) in [5.74, 6) is -0.0297. The summed E-state index contributed by atoms with van der Waals surface area (Å²) in [7, 11) is 2.04. The van der Waals surface area contributed by atoms with Crippen LogP contribution in [0.3, 0.4) is 0 Å². The van der Waals surface area contributed by atoms with Gasteiger partial charge in [-0.3, -0.25) is 0 Å². The minimum atomic E-state index is -2.89. The van der Waals surface area contributed by atoms with Gasteiger partial charge in [0.05, 0.1) is 23.1 Å². The summed E-state index contributed by atoms with van der Waals surface area (Å²) in [4.78, 5) is 2.16. The average molecular weight is 354 g/mol. The van der Waals surface area contributed by atoms with Crippen LogP contribution in [0.15, 0.2) is 30.3 Å². The fraction of sp³-hybridized carbons (Fsp3) is 0.294. The summed E-state index contributed by atoms with van der Waals surface area (Å²) in [6.07, 6.45) is 0. The van der Waals surface area contributed by atoms with Gasteiger partial charge in [0.1, 0.15) is 5.75 Å². The zero-order chi connectivity index (χ0) is 17.3. The van der Waals surface area contributed by atoms with Gasteiger partial charge >= 0.3 is 6.61 Å². The molecule has 0 atom stereocenters. The molecule has 0 saturated heterocycles. The largest absolute Gasteiger partial charge is 0.433 e. The number of ether oxygens (including phenoxy) is 1. The fourth-order valence-corrected chi connectivity index (χ4v) is 3.04. The molecule has 1 heterocycles. The number of benzene rings is 2. The van der Waals surface area contributed by atoms with Crippen molar-refractivity contribution in [3.05, 3.63) is 46.5 Å². The van der Waals surface area contributed by atoms with Crippen LogP contribution in [0.25, 0.3) is 0 Å². The molecule has 4 nitrogen and oxygen atoms in total. The predicted molar refractivity (Wildman–Crippen MR) is 93.5 cm³/mol. The molecule has 0 spiro atoms. The van der Waals surface area contributed by atoms with Gasteiger partial charge in [0.25, 0.3) is 0 Å². The summed E-state index contributed by atoms with van der Waals surface area (Å²) in [6.45, 7) is 0.554. The standard InChI is InChI=1S/C17H18ClF2N3O/c1-10-3-5-14-16(23(2)9-22-14)12(10)8-21-11-4-6-15(13(18)7-11)24-17(19)20/h3-7,17,21-22H,8-9H2,1-2H3. The van der Waals surface area contributed by atoms with Gasteiger partial charge in [0.15, 0.2) is 0 Å². The maximum Gasteiger partial charge on any atom is 0.387 e. The van der Waals surface area contributed by atoms with E-state index in [-0.39, 0.29) is 10.8 Å². The Morgan fingerprint density at radius 2 is 2.12 bits per heavy atom. The molecule has 0 radical (unpaired) electrons. The lowest BCUT2D eigenvalue weighted by Gasteiger charge is -2.18. The molecule has 24 heavy (non-hydrogen) atoms. The average Bonchev–Trinajstić information content (AvgIpc) is 2.90. The number of halogens is 3. The van der Waals surface area contributed by atoms with E-state index in [4.69, 9.17) is 11.6 Å². The first-order chi connectivity index (χ1) is 11.5. The van der Waals surface area contributed by atoms with Crippen LogP contribution in [0, 0.1) is 6.92 Å². The summed E-state index contributed by atoms with van der Waals surface area (Å²) < 4.78 is 28.9. The first kappa shape index (κ1) is 16.6. The van der Waals surface area contributed by atoms with Crippen LogP contribution >= 0.6 is 11.6 Å².